The molecule has 1 amide bonds. The molecule has 0 saturated heterocycles. The maximum absolute atomic E-state index is 13.2. The molecule has 3 rings (SSSR count). The van der Waals surface area contributed by atoms with Crippen molar-refractivity contribution < 1.29 is 14.7 Å². The van der Waals surface area contributed by atoms with Crippen LogP contribution in [0.1, 0.15) is 58.4 Å². The molecular formula is C26H33N5O3. The lowest BCUT2D eigenvalue weighted by Crippen LogP contribution is -2.39. The lowest BCUT2D eigenvalue weighted by molar-refractivity contribution is -0.154. The number of nitrogens with one attached hydrogen (secondary N) is 1. The minimum Gasteiger partial charge on any atom is -0.481 e. The van der Waals surface area contributed by atoms with E-state index in [2.05, 4.69) is 27.5 Å². The monoisotopic (exact) mass is 463 g/mol. The number of carbonyl (C=O) groups excluding carboxylic acids is 1. The highest BCUT2D eigenvalue weighted by atomic mass is 16.4. The molecule has 0 atom stereocenters. The molecule has 34 heavy (non-hydrogen) atoms. The minimum atomic E-state index is -1.01. The summed E-state index contributed by atoms with van der Waals surface area (Å²) in [5.74, 6) is -0.400. The standard InChI is InChI=1S/C26H33N5O3/c1-4-7-16-31(23(32)17-26(5-2,6-3)25(33)34)18-19-12-14-20(15-13-19)21-10-8-9-11-22(21)24-27-29-30-28-24/h8-15H,4-7,16-18H2,1-3H3,(H,33,34)(H,27,28,29,30). The molecule has 0 aliphatic heterocycles. The van der Waals surface area contributed by atoms with Crippen LogP contribution in [-0.4, -0.2) is 49.1 Å². The van der Waals surface area contributed by atoms with Gasteiger partial charge in [-0.15, -0.1) is 5.10 Å². The number of tetrazole rings is 1. The number of hydrogen-bond acceptors (Lipinski definition) is 5. The van der Waals surface area contributed by atoms with Crippen molar-refractivity contribution in [2.24, 2.45) is 5.41 Å². The fourth-order valence-corrected chi connectivity index (χ4v) is 4.14. The van der Waals surface area contributed by atoms with Crippen molar-refractivity contribution in [2.75, 3.05) is 6.54 Å². The zero-order chi connectivity index (χ0) is 24.6. The van der Waals surface area contributed by atoms with Gasteiger partial charge in [-0.1, -0.05) is 75.7 Å². The Morgan fingerprint density at radius 1 is 1.00 bits per heavy atom. The van der Waals surface area contributed by atoms with Gasteiger partial charge in [-0.05, 0) is 46.4 Å². The van der Waals surface area contributed by atoms with Crippen LogP contribution in [0.25, 0.3) is 22.5 Å². The first-order valence-electron chi connectivity index (χ1n) is 11.9. The van der Waals surface area contributed by atoms with E-state index in [9.17, 15) is 14.7 Å². The van der Waals surface area contributed by atoms with E-state index in [4.69, 9.17) is 0 Å². The Hall–Kier alpha value is -3.55. The first kappa shape index (κ1) is 25.1. The van der Waals surface area contributed by atoms with Gasteiger partial charge in [0, 0.05) is 25.1 Å². The highest BCUT2D eigenvalue weighted by Gasteiger charge is 2.38. The molecule has 0 fully saturated rings. The first-order chi connectivity index (χ1) is 16.4. The molecule has 0 unspecified atom stereocenters. The average molecular weight is 464 g/mol. The second-order valence-corrected chi connectivity index (χ2v) is 8.63. The van der Waals surface area contributed by atoms with E-state index in [-0.39, 0.29) is 12.3 Å². The van der Waals surface area contributed by atoms with Gasteiger partial charge in [-0.2, -0.15) is 0 Å². The van der Waals surface area contributed by atoms with E-state index in [0.29, 0.717) is 31.8 Å². The molecule has 8 nitrogen and oxygen atoms in total. The van der Waals surface area contributed by atoms with Crippen LogP contribution < -0.4 is 0 Å². The van der Waals surface area contributed by atoms with Crippen LogP contribution in [0.4, 0.5) is 0 Å². The van der Waals surface area contributed by atoms with Crippen molar-refractivity contribution in [3.63, 3.8) is 0 Å². The van der Waals surface area contributed by atoms with Crippen molar-refractivity contribution >= 4 is 11.9 Å². The van der Waals surface area contributed by atoms with E-state index >= 15 is 0 Å². The first-order valence-corrected chi connectivity index (χ1v) is 11.9. The predicted molar refractivity (Wildman–Crippen MR) is 131 cm³/mol. The maximum Gasteiger partial charge on any atom is 0.310 e. The van der Waals surface area contributed by atoms with Gasteiger partial charge in [0.2, 0.25) is 5.91 Å². The molecule has 2 aromatic carbocycles. The fraction of sp³-hybridized carbons (Fsp3) is 0.423. The van der Waals surface area contributed by atoms with Gasteiger partial charge in [-0.3, -0.25) is 9.59 Å². The summed E-state index contributed by atoms with van der Waals surface area (Å²) in [6, 6.07) is 16.0. The summed E-state index contributed by atoms with van der Waals surface area (Å²) >= 11 is 0. The molecular weight excluding hydrogens is 430 g/mol. The number of benzene rings is 2. The van der Waals surface area contributed by atoms with Crippen molar-refractivity contribution in [1.29, 1.82) is 0 Å². The Kier molecular flexibility index (Phi) is 8.51. The highest BCUT2D eigenvalue weighted by Crippen LogP contribution is 2.33. The smallest absolute Gasteiger partial charge is 0.310 e. The third-order valence-corrected chi connectivity index (χ3v) is 6.60. The summed E-state index contributed by atoms with van der Waals surface area (Å²) < 4.78 is 0. The van der Waals surface area contributed by atoms with Gasteiger partial charge < -0.3 is 10.0 Å². The number of amides is 1. The number of hydrogen-bond donors (Lipinski definition) is 2. The number of nitrogens with zero attached hydrogens (tertiary/aromatic N) is 4. The minimum absolute atomic E-state index is 0.0235. The van der Waals surface area contributed by atoms with Gasteiger partial charge in [-0.25, -0.2) is 5.10 Å². The summed E-state index contributed by atoms with van der Waals surface area (Å²) in [4.78, 5) is 26.9. The van der Waals surface area contributed by atoms with E-state index in [1.165, 1.54) is 0 Å². The second-order valence-electron chi connectivity index (χ2n) is 8.63. The van der Waals surface area contributed by atoms with Gasteiger partial charge in [0.05, 0.1) is 5.41 Å². The topological polar surface area (TPSA) is 112 Å². The summed E-state index contributed by atoms with van der Waals surface area (Å²) in [7, 11) is 0. The lowest BCUT2D eigenvalue weighted by atomic mass is 9.79. The second kappa shape index (κ2) is 11.5. The Morgan fingerprint density at radius 2 is 1.68 bits per heavy atom. The number of aromatic nitrogens is 4. The molecule has 0 aliphatic carbocycles. The number of aromatic amines is 1. The average Bonchev–Trinajstić information content (AvgIpc) is 3.40. The highest BCUT2D eigenvalue weighted by molar-refractivity contribution is 5.85. The molecule has 3 aromatic rings. The SMILES string of the molecule is CCCCN(Cc1ccc(-c2ccccc2-c2nnn[nH]2)cc1)C(=O)CC(CC)(CC)C(=O)O. The summed E-state index contributed by atoms with van der Waals surface area (Å²) in [6.07, 6.45) is 2.72. The number of aliphatic carboxylic acids is 1. The summed E-state index contributed by atoms with van der Waals surface area (Å²) in [5.41, 5.74) is 2.92. The van der Waals surface area contributed by atoms with Gasteiger partial charge in [0.1, 0.15) is 0 Å². The Balaban J connectivity index is 1.80. The van der Waals surface area contributed by atoms with Crippen LogP contribution >= 0.6 is 0 Å². The van der Waals surface area contributed by atoms with Crippen LogP contribution in [-0.2, 0) is 16.1 Å². The zero-order valence-corrected chi connectivity index (χ0v) is 20.1. The predicted octanol–water partition coefficient (Wildman–Crippen LogP) is 4.94. The van der Waals surface area contributed by atoms with Crippen LogP contribution in [0.3, 0.4) is 0 Å². The maximum atomic E-state index is 13.2. The number of carboxylic acids is 1. The molecule has 0 aliphatic rings. The normalized spacial score (nSPS) is 11.4. The van der Waals surface area contributed by atoms with Crippen LogP contribution in [0.2, 0.25) is 0 Å². The van der Waals surface area contributed by atoms with E-state index in [0.717, 1.165) is 35.1 Å². The van der Waals surface area contributed by atoms with E-state index in [1.807, 2.05) is 62.4 Å². The molecule has 1 heterocycles. The van der Waals surface area contributed by atoms with Gasteiger partial charge in [0.25, 0.3) is 0 Å². The number of carbonyl (C=O) groups is 2. The molecule has 0 radical (unpaired) electrons. The quantitative estimate of drug-likeness (QED) is 0.393. The van der Waals surface area contributed by atoms with Crippen LogP contribution in [0.15, 0.2) is 48.5 Å². The fourth-order valence-electron chi connectivity index (χ4n) is 4.14. The number of H-pyrrole nitrogens is 1. The summed E-state index contributed by atoms with van der Waals surface area (Å²) in [5, 5.41) is 24.0. The van der Waals surface area contributed by atoms with Crippen molar-refractivity contribution in [2.45, 2.75) is 59.4 Å². The zero-order valence-electron chi connectivity index (χ0n) is 20.1. The molecule has 8 heteroatoms. The Bertz CT molecular complexity index is 1080. The van der Waals surface area contributed by atoms with Crippen molar-refractivity contribution in [1.82, 2.24) is 25.5 Å². The molecule has 0 bridgehead atoms. The third kappa shape index (κ3) is 5.68. The number of rotatable bonds is 12. The molecule has 2 N–H and O–H groups in total. The Labute approximate surface area is 200 Å². The lowest BCUT2D eigenvalue weighted by Gasteiger charge is -2.30. The summed E-state index contributed by atoms with van der Waals surface area (Å²) in [6.45, 7) is 6.83. The van der Waals surface area contributed by atoms with E-state index in [1.54, 1.807) is 4.90 Å². The van der Waals surface area contributed by atoms with Gasteiger partial charge >= 0.3 is 5.97 Å². The van der Waals surface area contributed by atoms with Gasteiger partial charge in [0.15, 0.2) is 5.82 Å². The van der Waals surface area contributed by atoms with Crippen molar-refractivity contribution in [3.05, 3.63) is 54.1 Å². The number of unbranched alkanes of at least 4 members (excludes halogenated alkanes) is 1. The van der Waals surface area contributed by atoms with Crippen LogP contribution in [0, 0.1) is 5.41 Å². The largest absolute Gasteiger partial charge is 0.481 e. The number of carboxylic acid groups (broad SMARTS) is 1. The Morgan fingerprint density at radius 3 is 2.24 bits per heavy atom. The molecule has 0 saturated carbocycles. The van der Waals surface area contributed by atoms with E-state index < -0.39 is 11.4 Å². The molecule has 1 aromatic heterocycles. The third-order valence-electron chi connectivity index (χ3n) is 6.60. The molecule has 180 valence electrons. The van der Waals surface area contributed by atoms with Crippen LogP contribution in [0.5, 0.6) is 0 Å². The molecule has 0 spiro atoms. The van der Waals surface area contributed by atoms with Crippen molar-refractivity contribution in [3.8, 4) is 22.5 Å².